The van der Waals surface area contributed by atoms with Crippen LogP contribution in [0.25, 0.3) is 0 Å². The van der Waals surface area contributed by atoms with Gasteiger partial charge in [0.2, 0.25) is 0 Å². The predicted octanol–water partition coefficient (Wildman–Crippen LogP) is 1.79. The van der Waals surface area contributed by atoms with E-state index in [4.69, 9.17) is 0 Å². The summed E-state index contributed by atoms with van der Waals surface area (Å²) in [7, 11) is 4.43. The van der Waals surface area contributed by atoms with E-state index in [0.717, 1.165) is 24.0 Å². The van der Waals surface area contributed by atoms with E-state index in [1.165, 1.54) is 45.3 Å². The molecule has 2 rings (SSSR count). The summed E-state index contributed by atoms with van der Waals surface area (Å²) in [5.41, 5.74) is 0. The average molecular weight is 253 g/mol. The first-order chi connectivity index (χ1) is 8.58. The van der Waals surface area contributed by atoms with E-state index in [2.05, 4.69) is 43.1 Å². The molecule has 3 nitrogen and oxygen atoms in total. The molecule has 1 saturated heterocycles. The lowest BCUT2D eigenvalue weighted by atomic mass is 9.97. The van der Waals surface area contributed by atoms with Crippen LogP contribution in [0.5, 0.6) is 0 Å². The van der Waals surface area contributed by atoms with Gasteiger partial charge in [0.1, 0.15) is 0 Å². The van der Waals surface area contributed by atoms with Crippen molar-refractivity contribution in [3.63, 3.8) is 0 Å². The molecule has 1 aliphatic heterocycles. The number of hydrogen-bond donors (Lipinski definition) is 1. The molecule has 18 heavy (non-hydrogen) atoms. The third-order valence-corrected chi connectivity index (χ3v) is 4.93. The molecule has 0 aromatic rings. The van der Waals surface area contributed by atoms with Crippen LogP contribution in [0.3, 0.4) is 0 Å². The van der Waals surface area contributed by atoms with Crippen molar-refractivity contribution in [3.05, 3.63) is 0 Å². The molecule has 2 atom stereocenters. The van der Waals surface area contributed by atoms with Crippen molar-refractivity contribution in [3.8, 4) is 0 Å². The predicted molar refractivity (Wildman–Crippen MR) is 77.9 cm³/mol. The monoisotopic (exact) mass is 253 g/mol. The van der Waals surface area contributed by atoms with Crippen molar-refractivity contribution in [2.45, 2.75) is 57.7 Å². The second-order valence-electron chi connectivity index (χ2n) is 6.63. The van der Waals surface area contributed by atoms with E-state index in [1.807, 2.05) is 0 Å². The van der Waals surface area contributed by atoms with Crippen LogP contribution in [0.1, 0.15) is 39.5 Å². The summed E-state index contributed by atoms with van der Waals surface area (Å²) in [5, 5.41) is 3.67. The van der Waals surface area contributed by atoms with Gasteiger partial charge < -0.3 is 15.1 Å². The highest BCUT2D eigenvalue weighted by Crippen LogP contribution is 2.22. The lowest BCUT2D eigenvalue weighted by Gasteiger charge is -2.40. The largest absolute Gasteiger partial charge is 0.314 e. The lowest BCUT2D eigenvalue weighted by Crippen LogP contribution is -2.48. The van der Waals surface area contributed by atoms with Gasteiger partial charge in [-0.3, -0.25) is 0 Å². The topological polar surface area (TPSA) is 18.5 Å². The molecule has 0 aromatic heterocycles. The molecule has 1 heterocycles. The van der Waals surface area contributed by atoms with Crippen molar-refractivity contribution in [2.75, 3.05) is 33.7 Å². The van der Waals surface area contributed by atoms with Crippen molar-refractivity contribution in [2.24, 2.45) is 5.92 Å². The van der Waals surface area contributed by atoms with Crippen molar-refractivity contribution >= 4 is 0 Å². The molecule has 2 fully saturated rings. The molecule has 0 aromatic carbocycles. The average Bonchev–Trinajstić information content (AvgIpc) is 3.19. The molecular formula is C15H31N3. The van der Waals surface area contributed by atoms with Crippen LogP contribution in [0.2, 0.25) is 0 Å². The molecule has 0 radical (unpaired) electrons. The molecule has 0 spiro atoms. The van der Waals surface area contributed by atoms with Crippen molar-refractivity contribution in [1.82, 2.24) is 15.1 Å². The Hall–Kier alpha value is -0.120. The van der Waals surface area contributed by atoms with Crippen LogP contribution in [-0.4, -0.2) is 61.7 Å². The highest BCUT2D eigenvalue weighted by Gasteiger charge is 2.27. The van der Waals surface area contributed by atoms with Gasteiger partial charge in [0, 0.05) is 18.1 Å². The number of piperidine rings is 1. The van der Waals surface area contributed by atoms with E-state index in [1.54, 1.807) is 0 Å². The minimum absolute atomic E-state index is 0.722. The minimum atomic E-state index is 0.722. The Morgan fingerprint density at radius 3 is 2.22 bits per heavy atom. The Bertz CT molecular complexity index is 242. The number of nitrogens with zero attached hydrogens (tertiary/aromatic N) is 2. The molecule has 1 aliphatic carbocycles. The zero-order valence-corrected chi connectivity index (χ0v) is 12.7. The van der Waals surface area contributed by atoms with Crippen LogP contribution in [0, 0.1) is 5.92 Å². The number of nitrogens with one attached hydrogen (secondary N) is 1. The number of hydrogen-bond acceptors (Lipinski definition) is 3. The van der Waals surface area contributed by atoms with Gasteiger partial charge in [-0.05, 0) is 72.3 Å². The number of rotatable bonds is 6. The van der Waals surface area contributed by atoms with Crippen LogP contribution in [0.4, 0.5) is 0 Å². The van der Waals surface area contributed by atoms with Crippen LogP contribution < -0.4 is 5.32 Å². The Kier molecular flexibility index (Phi) is 5.05. The first-order valence-electron chi connectivity index (χ1n) is 7.71. The second-order valence-corrected chi connectivity index (χ2v) is 6.63. The molecule has 2 aliphatic rings. The molecule has 3 heteroatoms. The summed E-state index contributed by atoms with van der Waals surface area (Å²) >= 11 is 0. The van der Waals surface area contributed by atoms with Crippen molar-refractivity contribution < 1.29 is 0 Å². The SMILES string of the molecule is CC(CNC1CC1)C(C)N1CCC(N(C)C)CC1. The fraction of sp³-hybridized carbons (Fsp3) is 1.00. The van der Waals surface area contributed by atoms with Gasteiger partial charge in [0.05, 0.1) is 0 Å². The smallest absolute Gasteiger partial charge is 0.0113 e. The second kappa shape index (κ2) is 6.36. The molecule has 1 saturated carbocycles. The first-order valence-corrected chi connectivity index (χ1v) is 7.71. The van der Waals surface area contributed by atoms with E-state index in [0.29, 0.717) is 0 Å². The quantitative estimate of drug-likeness (QED) is 0.778. The third-order valence-electron chi connectivity index (χ3n) is 4.93. The Morgan fingerprint density at radius 1 is 1.11 bits per heavy atom. The molecule has 0 amide bonds. The standard InChI is InChI=1S/C15H31N3/c1-12(11-16-14-5-6-14)13(2)18-9-7-15(8-10-18)17(3)4/h12-16H,5-11H2,1-4H3. The molecule has 2 unspecified atom stereocenters. The molecular weight excluding hydrogens is 222 g/mol. The fourth-order valence-corrected chi connectivity index (χ4v) is 2.98. The highest BCUT2D eigenvalue weighted by molar-refractivity contribution is 4.85. The summed E-state index contributed by atoms with van der Waals surface area (Å²) in [6, 6.07) is 2.37. The van der Waals surface area contributed by atoms with Gasteiger partial charge in [0.25, 0.3) is 0 Å². The molecule has 0 bridgehead atoms. The highest BCUT2D eigenvalue weighted by atomic mass is 15.2. The van der Waals surface area contributed by atoms with E-state index < -0.39 is 0 Å². The van der Waals surface area contributed by atoms with Gasteiger partial charge in [-0.2, -0.15) is 0 Å². The Morgan fingerprint density at radius 2 is 1.72 bits per heavy atom. The number of likely N-dealkylation sites (tertiary alicyclic amines) is 1. The van der Waals surface area contributed by atoms with Gasteiger partial charge in [0.15, 0.2) is 0 Å². The summed E-state index contributed by atoms with van der Waals surface area (Å²) in [4.78, 5) is 5.08. The third kappa shape index (κ3) is 3.94. The van der Waals surface area contributed by atoms with Gasteiger partial charge >= 0.3 is 0 Å². The van der Waals surface area contributed by atoms with Crippen molar-refractivity contribution in [1.29, 1.82) is 0 Å². The first kappa shape index (κ1) is 14.3. The summed E-state index contributed by atoms with van der Waals surface area (Å²) in [6.45, 7) is 8.56. The Labute approximate surface area is 113 Å². The fourth-order valence-electron chi connectivity index (χ4n) is 2.98. The van der Waals surface area contributed by atoms with Gasteiger partial charge in [-0.1, -0.05) is 6.92 Å². The van der Waals surface area contributed by atoms with E-state index in [9.17, 15) is 0 Å². The maximum absolute atomic E-state index is 3.67. The molecule has 1 N–H and O–H groups in total. The summed E-state index contributed by atoms with van der Waals surface area (Å²) < 4.78 is 0. The lowest BCUT2D eigenvalue weighted by molar-refractivity contribution is 0.0912. The zero-order chi connectivity index (χ0) is 13.1. The summed E-state index contributed by atoms with van der Waals surface area (Å²) in [5.74, 6) is 0.765. The van der Waals surface area contributed by atoms with E-state index >= 15 is 0 Å². The zero-order valence-electron chi connectivity index (χ0n) is 12.7. The van der Waals surface area contributed by atoms with Crippen LogP contribution >= 0.6 is 0 Å². The van der Waals surface area contributed by atoms with Crippen LogP contribution in [-0.2, 0) is 0 Å². The van der Waals surface area contributed by atoms with Gasteiger partial charge in [-0.15, -0.1) is 0 Å². The van der Waals surface area contributed by atoms with Crippen LogP contribution in [0.15, 0.2) is 0 Å². The maximum atomic E-state index is 3.67. The minimum Gasteiger partial charge on any atom is -0.314 e. The summed E-state index contributed by atoms with van der Waals surface area (Å²) in [6.07, 6.45) is 5.46. The molecule has 106 valence electrons. The Balaban J connectivity index is 1.70. The van der Waals surface area contributed by atoms with Gasteiger partial charge in [-0.25, -0.2) is 0 Å². The normalized spacial score (nSPS) is 26.5. The van der Waals surface area contributed by atoms with E-state index in [-0.39, 0.29) is 0 Å². The maximum Gasteiger partial charge on any atom is 0.0113 e.